The van der Waals surface area contributed by atoms with Gasteiger partial charge in [0, 0.05) is 23.3 Å². The summed E-state index contributed by atoms with van der Waals surface area (Å²) in [6.45, 7) is 6.75. The van der Waals surface area contributed by atoms with Gasteiger partial charge in [0.1, 0.15) is 0 Å². The van der Waals surface area contributed by atoms with Crippen molar-refractivity contribution in [3.63, 3.8) is 0 Å². The number of thiazole rings is 1. The zero-order valence-electron chi connectivity index (χ0n) is 13.7. The first-order valence-electron chi connectivity index (χ1n) is 9.02. The highest BCUT2D eigenvalue weighted by Crippen LogP contribution is 2.45. The van der Waals surface area contributed by atoms with Gasteiger partial charge in [-0.3, -0.25) is 0 Å². The summed E-state index contributed by atoms with van der Waals surface area (Å²) in [5, 5.41) is 5.04. The van der Waals surface area contributed by atoms with Crippen LogP contribution in [0.5, 0.6) is 0 Å². The molecule has 2 saturated carbocycles. The van der Waals surface area contributed by atoms with Crippen LogP contribution in [0.25, 0.3) is 0 Å². The Kier molecular flexibility index (Phi) is 5.33. The maximum absolute atomic E-state index is 5.10. The zero-order chi connectivity index (χ0) is 14.7. The third-order valence-electron chi connectivity index (χ3n) is 5.19. The van der Waals surface area contributed by atoms with Crippen molar-refractivity contribution in [3.8, 4) is 0 Å². The molecular weight excluding hydrogens is 276 g/mol. The van der Waals surface area contributed by atoms with Gasteiger partial charge in [-0.25, -0.2) is 4.98 Å². The zero-order valence-corrected chi connectivity index (χ0v) is 14.5. The molecule has 0 saturated heterocycles. The minimum absolute atomic E-state index is 0.759. The fraction of sp³-hybridized carbons (Fsp3) is 0.833. The largest absolute Gasteiger partial charge is 0.312 e. The number of aromatic nitrogens is 1. The summed E-state index contributed by atoms with van der Waals surface area (Å²) in [6.07, 6.45) is 10.9. The van der Waals surface area contributed by atoms with Crippen LogP contribution in [0.2, 0.25) is 0 Å². The Morgan fingerprint density at radius 2 is 1.76 bits per heavy atom. The van der Waals surface area contributed by atoms with E-state index in [9.17, 15) is 0 Å². The van der Waals surface area contributed by atoms with Crippen molar-refractivity contribution in [2.45, 2.75) is 83.6 Å². The van der Waals surface area contributed by atoms with Crippen LogP contribution in [-0.2, 0) is 6.54 Å². The molecule has 0 atom stereocenters. The molecule has 2 aliphatic rings. The van der Waals surface area contributed by atoms with E-state index in [0.29, 0.717) is 0 Å². The first-order valence-corrected chi connectivity index (χ1v) is 9.83. The van der Waals surface area contributed by atoms with Crippen LogP contribution in [-0.4, -0.2) is 11.5 Å². The van der Waals surface area contributed by atoms with E-state index in [2.05, 4.69) is 19.2 Å². The van der Waals surface area contributed by atoms with E-state index in [1.54, 1.807) is 4.88 Å². The lowest BCUT2D eigenvalue weighted by Crippen LogP contribution is -2.13. The highest BCUT2D eigenvalue weighted by atomic mass is 32.1. The Labute approximate surface area is 133 Å². The van der Waals surface area contributed by atoms with Crippen LogP contribution in [0, 0.1) is 5.92 Å². The molecular formula is C18H30N2S. The Balaban J connectivity index is 1.66. The summed E-state index contributed by atoms with van der Waals surface area (Å²) in [7, 11) is 0. The van der Waals surface area contributed by atoms with E-state index >= 15 is 0 Å². The first kappa shape index (κ1) is 15.5. The van der Waals surface area contributed by atoms with Gasteiger partial charge in [-0.15, -0.1) is 11.3 Å². The Morgan fingerprint density at radius 1 is 1.05 bits per heavy atom. The predicted octanol–water partition coefficient (Wildman–Crippen LogP) is 5.20. The normalized spacial score (nSPS) is 26.2. The quantitative estimate of drug-likeness (QED) is 0.700. The monoisotopic (exact) mass is 306 g/mol. The highest BCUT2D eigenvalue weighted by Gasteiger charge is 2.31. The van der Waals surface area contributed by atoms with Gasteiger partial charge in [0.05, 0.1) is 10.7 Å². The van der Waals surface area contributed by atoms with Gasteiger partial charge in [0.2, 0.25) is 0 Å². The second-order valence-electron chi connectivity index (χ2n) is 6.94. The van der Waals surface area contributed by atoms with Gasteiger partial charge in [0.15, 0.2) is 0 Å². The van der Waals surface area contributed by atoms with E-state index in [4.69, 9.17) is 4.98 Å². The molecule has 21 heavy (non-hydrogen) atoms. The van der Waals surface area contributed by atoms with Crippen molar-refractivity contribution in [2.24, 2.45) is 5.92 Å². The van der Waals surface area contributed by atoms with Crippen molar-refractivity contribution in [1.82, 2.24) is 10.3 Å². The summed E-state index contributed by atoms with van der Waals surface area (Å²) < 4.78 is 0. The van der Waals surface area contributed by atoms with Gasteiger partial charge < -0.3 is 5.32 Å². The second-order valence-corrected chi connectivity index (χ2v) is 8.05. The van der Waals surface area contributed by atoms with Gasteiger partial charge in [-0.2, -0.15) is 0 Å². The van der Waals surface area contributed by atoms with Crippen molar-refractivity contribution < 1.29 is 0 Å². The summed E-state index contributed by atoms with van der Waals surface area (Å²) >= 11 is 2.02. The molecule has 2 nitrogen and oxygen atoms in total. The molecule has 0 amide bonds. The van der Waals surface area contributed by atoms with E-state index in [-0.39, 0.29) is 0 Å². The lowest BCUT2D eigenvalue weighted by atomic mass is 9.81. The Bertz CT molecular complexity index is 442. The number of nitrogens with one attached hydrogen (secondary N) is 1. The van der Waals surface area contributed by atoms with Crippen LogP contribution in [0.1, 0.15) is 92.6 Å². The molecule has 0 bridgehead atoms. The average molecular weight is 307 g/mol. The highest BCUT2D eigenvalue weighted by molar-refractivity contribution is 7.11. The Hall–Kier alpha value is -0.410. The van der Waals surface area contributed by atoms with Crippen molar-refractivity contribution in [3.05, 3.63) is 15.6 Å². The molecule has 0 aromatic carbocycles. The molecule has 1 heterocycles. The molecule has 2 aliphatic carbocycles. The lowest BCUT2D eigenvalue weighted by Gasteiger charge is -2.26. The average Bonchev–Trinajstić information content (AvgIpc) is 3.28. The van der Waals surface area contributed by atoms with E-state index in [1.165, 1.54) is 62.1 Å². The van der Waals surface area contributed by atoms with Gasteiger partial charge in [-0.1, -0.05) is 20.3 Å². The third-order valence-corrected chi connectivity index (χ3v) is 6.43. The SMILES string of the molecule is CCCNCc1sc(C2CCC(CC)CC2)nc1C1CC1. The number of rotatable bonds is 7. The molecule has 3 rings (SSSR count). The van der Waals surface area contributed by atoms with Crippen LogP contribution < -0.4 is 5.32 Å². The minimum Gasteiger partial charge on any atom is -0.312 e. The molecule has 2 fully saturated rings. The smallest absolute Gasteiger partial charge is 0.0962 e. The second kappa shape index (κ2) is 7.23. The Morgan fingerprint density at radius 3 is 2.38 bits per heavy atom. The fourth-order valence-corrected chi connectivity index (χ4v) is 4.85. The van der Waals surface area contributed by atoms with Gasteiger partial charge in [0.25, 0.3) is 0 Å². The lowest BCUT2D eigenvalue weighted by molar-refractivity contribution is 0.318. The summed E-state index contributed by atoms with van der Waals surface area (Å²) in [6, 6.07) is 0. The maximum atomic E-state index is 5.10. The molecule has 3 heteroatoms. The van der Waals surface area contributed by atoms with E-state index in [0.717, 1.165) is 30.8 Å². The summed E-state index contributed by atoms with van der Waals surface area (Å²) in [5.74, 6) is 2.53. The topological polar surface area (TPSA) is 24.9 Å². The van der Waals surface area contributed by atoms with E-state index < -0.39 is 0 Å². The summed E-state index contributed by atoms with van der Waals surface area (Å²) in [4.78, 5) is 6.64. The van der Waals surface area contributed by atoms with Crippen molar-refractivity contribution in [1.29, 1.82) is 0 Å². The minimum atomic E-state index is 0.759. The maximum Gasteiger partial charge on any atom is 0.0962 e. The molecule has 1 N–H and O–H groups in total. The van der Waals surface area contributed by atoms with Gasteiger partial charge >= 0.3 is 0 Å². The standard InChI is InChI=1S/C18H30N2S/c1-3-11-19-12-16-17(14-9-10-14)20-18(21-16)15-7-5-13(4-2)6-8-15/h13-15,19H,3-12H2,1-2H3. The molecule has 1 aromatic heterocycles. The molecule has 1 aromatic rings. The molecule has 0 spiro atoms. The predicted molar refractivity (Wildman–Crippen MR) is 91.1 cm³/mol. The number of hydrogen-bond acceptors (Lipinski definition) is 3. The molecule has 0 aliphatic heterocycles. The van der Waals surface area contributed by atoms with Crippen LogP contribution in [0.4, 0.5) is 0 Å². The molecule has 0 unspecified atom stereocenters. The number of hydrogen-bond donors (Lipinski definition) is 1. The van der Waals surface area contributed by atoms with Gasteiger partial charge in [-0.05, 0) is 57.4 Å². The van der Waals surface area contributed by atoms with Crippen LogP contribution in [0.15, 0.2) is 0 Å². The molecule has 118 valence electrons. The van der Waals surface area contributed by atoms with E-state index in [1.807, 2.05) is 11.3 Å². The van der Waals surface area contributed by atoms with Crippen molar-refractivity contribution in [2.75, 3.05) is 6.54 Å². The van der Waals surface area contributed by atoms with Crippen LogP contribution >= 0.6 is 11.3 Å². The van der Waals surface area contributed by atoms with Crippen molar-refractivity contribution >= 4 is 11.3 Å². The fourth-order valence-electron chi connectivity index (χ4n) is 3.56. The third kappa shape index (κ3) is 3.87. The summed E-state index contributed by atoms with van der Waals surface area (Å²) in [5.41, 5.74) is 1.45. The molecule has 0 radical (unpaired) electrons. The first-order chi connectivity index (χ1) is 10.3. The van der Waals surface area contributed by atoms with Crippen LogP contribution in [0.3, 0.4) is 0 Å². The number of nitrogens with zero attached hydrogens (tertiary/aromatic N) is 1.